The second kappa shape index (κ2) is 9.23. The van der Waals surface area contributed by atoms with E-state index >= 15 is 0 Å². The maximum Gasteiger partial charge on any atom is 0.247 e. The summed E-state index contributed by atoms with van der Waals surface area (Å²) in [6.07, 6.45) is 1.76. The summed E-state index contributed by atoms with van der Waals surface area (Å²) in [4.78, 5) is 4.50. The van der Waals surface area contributed by atoms with Gasteiger partial charge in [-0.1, -0.05) is 53.2 Å². The standard InChI is InChI=1S/C26H24N6OS/c1-16-8-11-20(12-9-16)25-30-29-24(33-25)19(4)34-26-31-28-23(21-7-5-6-14-27-21)32(26)22-13-10-17(2)15-18(22)3/h5-15,19H,1-4H3. The van der Waals surface area contributed by atoms with Gasteiger partial charge >= 0.3 is 0 Å². The van der Waals surface area contributed by atoms with Crippen molar-refractivity contribution in [1.82, 2.24) is 29.9 Å². The van der Waals surface area contributed by atoms with E-state index in [2.05, 4.69) is 62.0 Å². The highest BCUT2D eigenvalue weighted by molar-refractivity contribution is 7.99. The zero-order valence-corrected chi connectivity index (χ0v) is 20.2. The lowest BCUT2D eigenvalue weighted by molar-refractivity contribution is 0.509. The van der Waals surface area contributed by atoms with Gasteiger partial charge in [-0.3, -0.25) is 9.55 Å². The van der Waals surface area contributed by atoms with E-state index in [1.165, 1.54) is 22.9 Å². The van der Waals surface area contributed by atoms with Gasteiger partial charge in [-0.2, -0.15) is 0 Å². The van der Waals surface area contributed by atoms with Crippen LogP contribution in [0.1, 0.15) is 34.8 Å². The Morgan fingerprint density at radius 3 is 2.38 bits per heavy atom. The van der Waals surface area contributed by atoms with Crippen molar-refractivity contribution in [3.63, 3.8) is 0 Å². The van der Waals surface area contributed by atoms with E-state index in [0.29, 0.717) is 17.6 Å². The molecule has 0 bridgehead atoms. The molecule has 8 heteroatoms. The molecule has 3 heterocycles. The summed E-state index contributed by atoms with van der Waals surface area (Å²) in [5.74, 6) is 1.73. The first-order valence-corrected chi connectivity index (χ1v) is 11.9. The third kappa shape index (κ3) is 4.36. The summed E-state index contributed by atoms with van der Waals surface area (Å²) in [5.41, 5.74) is 6.18. The van der Waals surface area contributed by atoms with Crippen molar-refractivity contribution in [3.8, 4) is 28.7 Å². The average Bonchev–Trinajstić information content (AvgIpc) is 3.48. The minimum atomic E-state index is -0.128. The fourth-order valence-corrected chi connectivity index (χ4v) is 4.59. The van der Waals surface area contributed by atoms with Crippen LogP contribution >= 0.6 is 11.8 Å². The normalized spacial score (nSPS) is 12.1. The molecular weight excluding hydrogens is 444 g/mol. The number of nitrogens with zero attached hydrogens (tertiary/aromatic N) is 6. The van der Waals surface area contributed by atoms with Crippen molar-refractivity contribution in [2.24, 2.45) is 0 Å². The number of hydrogen-bond donors (Lipinski definition) is 0. The van der Waals surface area contributed by atoms with Crippen LogP contribution in [0.4, 0.5) is 0 Å². The molecule has 3 aromatic heterocycles. The smallest absolute Gasteiger partial charge is 0.247 e. The van der Waals surface area contributed by atoms with Gasteiger partial charge in [0, 0.05) is 11.8 Å². The Bertz CT molecular complexity index is 1430. The summed E-state index contributed by atoms with van der Waals surface area (Å²) in [7, 11) is 0. The van der Waals surface area contributed by atoms with E-state index < -0.39 is 0 Å². The Morgan fingerprint density at radius 1 is 0.853 bits per heavy atom. The number of rotatable bonds is 6. The molecule has 1 atom stereocenters. The Hall–Kier alpha value is -3.78. The van der Waals surface area contributed by atoms with Crippen molar-refractivity contribution in [3.05, 3.63) is 89.4 Å². The summed E-state index contributed by atoms with van der Waals surface area (Å²) < 4.78 is 8.06. The zero-order valence-electron chi connectivity index (χ0n) is 19.4. The molecule has 0 aliphatic heterocycles. The first kappa shape index (κ1) is 22.0. The third-order valence-corrected chi connectivity index (χ3v) is 6.52. The highest BCUT2D eigenvalue weighted by Crippen LogP contribution is 2.37. The van der Waals surface area contributed by atoms with Crippen LogP contribution in [0, 0.1) is 20.8 Å². The van der Waals surface area contributed by atoms with Crippen molar-refractivity contribution >= 4 is 11.8 Å². The predicted octanol–water partition coefficient (Wildman–Crippen LogP) is 6.16. The lowest BCUT2D eigenvalue weighted by Crippen LogP contribution is -2.04. The molecule has 170 valence electrons. The van der Waals surface area contributed by atoms with Crippen LogP contribution in [0.3, 0.4) is 0 Å². The van der Waals surface area contributed by atoms with Crippen LogP contribution in [0.15, 0.2) is 76.4 Å². The second-order valence-electron chi connectivity index (χ2n) is 8.22. The number of aryl methyl sites for hydroxylation is 3. The highest BCUT2D eigenvalue weighted by atomic mass is 32.2. The van der Waals surface area contributed by atoms with Gasteiger partial charge in [-0.05, 0) is 63.6 Å². The Balaban J connectivity index is 1.50. The summed E-state index contributed by atoms with van der Waals surface area (Å²) >= 11 is 1.52. The third-order valence-electron chi connectivity index (χ3n) is 5.49. The quantitative estimate of drug-likeness (QED) is 0.276. The van der Waals surface area contributed by atoms with Crippen molar-refractivity contribution in [1.29, 1.82) is 0 Å². The molecule has 0 aliphatic rings. The molecule has 2 aromatic carbocycles. The molecule has 0 N–H and O–H groups in total. The molecule has 0 saturated heterocycles. The van der Waals surface area contributed by atoms with E-state index in [1.54, 1.807) is 6.20 Å². The Kier molecular flexibility index (Phi) is 5.98. The van der Waals surface area contributed by atoms with Crippen molar-refractivity contribution < 1.29 is 4.42 Å². The summed E-state index contributed by atoms with van der Waals surface area (Å²) in [6, 6.07) is 20.2. The van der Waals surface area contributed by atoms with E-state index in [9.17, 15) is 0 Å². The van der Waals surface area contributed by atoms with Gasteiger partial charge in [0.05, 0.1) is 10.9 Å². The monoisotopic (exact) mass is 468 g/mol. The fourth-order valence-electron chi connectivity index (χ4n) is 3.70. The van der Waals surface area contributed by atoms with Crippen LogP contribution in [0.2, 0.25) is 0 Å². The van der Waals surface area contributed by atoms with Gasteiger partial charge in [-0.25, -0.2) is 0 Å². The predicted molar refractivity (Wildman–Crippen MR) is 133 cm³/mol. The summed E-state index contributed by atoms with van der Waals surface area (Å²) in [6.45, 7) is 8.25. The van der Waals surface area contributed by atoms with Crippen LogP contribution in [0.5, 0.6) is 0 Å². The number of benzene rings is 2. The Labute approximate surface area is 202 Å². The molecule has 0 amide bonds. The first-order valence-electron chi connectivity index (χ1n) is 11.0. The zero-order chi connectivity index (χ0) is 23.7. The average molecular weight is 469 g/mol. The van der Waals surface area contributed by atoms with Crippen molar-refractivity contribution in [2.75, 3.05) is 0 Å². The van der Waals surface area contributed by atoms with Crippen LogP contribution in [-0.2, 0) is 0 Å². The summed E-state index contributed by atoms with van der Waals surface area (Å²) in [5, 5.41) is 18.2. The van der Waals surface area contributed by atoms with Gasteiger partial charge in [0.25, 0.3) is 0 Å². The van der Waals surface area contributed by atoms with Gasteiger partial charge in [0.2, 0.25) is 11.8 Å². The second-order valence-corrected chi connectivity index (χ2v) is 9.53. The SMILES string of the molecule is Cc1ccc(-c2nnc(C(C)Sc3nnc(-c4ccccn4)n3-c3ccc(C)cc3C)o2)cc1. The molecule has 0 fully saturated rings. The molecule has 0 aliphatic carbocycles. The number of thioether (sulfide) groups is 1. The van der Waals surface area contributed by atoms with Crippen LogP contribution in [-0.4, -0.2) is 29.9 Å². The molecule has 34 heavy (non-hydrogen) atoms. The highest BCUT2D eigenvalue weighted by Gasteiger charge is 2.23. The van der Waals surface area contributed by atoms with Gasteiger partial charge in [0.15, 0.2) is 11.0 Å². The minimum absolute atomic E-state index is 0.128. The van der Waals surface area contributed by atoms with Crippen LogP contribution in [0.25, 0.3) is 28.7 Å². The van der Waals surface area contributed by atoms with Crippen molar-refractivity contribution in [2.45, 2.75) is 38.1 Å². The molecule has 0 spiro atoms. The van der Waals surface area contributed by atoms with E-state index in [-0.39, 0.29) is 5.25 Å². The maximum atomic E-state index is 6.01. The molecule has 0 radical (unpaired) electrons. The van der Waals surface area contributed by atoms with E-state index in [0.717, 1.165) is 27.7 Å². The van der Waals surface area contributed by atoms with Gasteiger partial charge in [-0.15, -0.1) is 20.4 Å². The van der Waals surface area contributed by atoms with E-state index in [4.69, 9.17) is 4.42 Å². The molecule has 5 rings (SSSR count). The number of aromatic nitrogens is 6. The topological polar surface area (TPSA) is 82.5 Å². The molecule has 1 unspecified atom stereocenters. The maximum absolute atomic E-state index is 6.01. The fraction of sp³-hybridized carbons (Fsp3) is 0.192. The molecule has 0 saturated carbocycles. The number of hydrogen-bond acceptors (Lipinski definition) is 7. The van der Waals surface area contributed by atoms with E-state index in [1.807, 2.05) is 56.3 Å². The van der Waals surface area contributed by atoms with Gasteiger partial charge in [0.1, 0.15) is 5.69 Å². The van der Waals surface area contributed by atoms with Gasteiger partial charge < -0.3 is 4.42 Å². The molecular formula is C26H24N6OS. The lowest BCUT2D eigenvalue weighted by Gasteiger charge is -2.14. The molecule has 7 nitrogen and oxygen atoms in total. The Morgan fingerprint density at radius 2 is 1.65 bits per heavy atom. The first-order chi connectivity index (χ1) is 16.5. The lowest BCUT2D eigenvalue weighted by atomic mass is 10.1. The largest absolute Gasteiger partial charge is 0.419 e. The minimum Gasteiger partial charge on any atom is -0.419 e. The molecule has 5 aromatic rings. The van der Waals surface area contributed by atoms with Crippen LogP contribution < -0.4 is 0 Å². The number of pyridine rings is 1.